The molecule has 82 valence electrons. The highest BCUT2D eigenvalue weighted by Gasteiger charge is 2.07. The lowest BCUT2D eigenvalue weighted by molar-refractivity contribution is 1.65. The highest BCUT2D eigenvalue weighted by molar-refractivity contribution is 6.35. The van der Waals surface area contributed by atoms with Crippen LogP contribution in [-0.2, 0) is 0 Å². The first-order valence-corrected chi connectivity index (χ1v) is 5.55. The summed E-state index contributed by atoms with van der Waals surface area (Å²) in [5.41, 5.74) is 0.601. The van der Waals surface area contributed by atoms with Crippen LogP contribution in [0.1, 0.15) is 6.85 Å². The molecule has 3 aromatic carbocycles. The Morgan fingerprint density at radius 1 is 0.882 bits per heavy atom. The summed E-state index contributed by atoms with van der Waals surface area (Å²) in [6, 6.07) is 9.33. The number of halogens is 1. The third kappa shape index (κ3) is 1.81. The molecule has 0 saturated carbocycles. The molecule has 0 spiro atoms. The van der Waals surface area contributed by atoms with Crippen LogP contribution in [0, 0.1) is 0 Å². The Labute approximate surface area is 112 Å². The molecule has 0 aliphatic carbocycles. The quantitative estimate of drug-likeness (QED) is 0.554. The first-order chi connectivity index (χ1) is 10.4. The summed E-state index contributed by atoms with van der Waals surface area (Å²) in [4.78, 5) is 0. The van der Waals surface area contributed by atoms with Gasteiger partial charge in [-0.25, -0.2) is 0 Å². The average Bonchev–Trinajstić information content (AvgIpc) is 2.53. The zero-order chi connectivity index (χ0) is 16.0. The maximum Gasteiger partial charge on any atom is 0.0629 e. The molecule has 3 rings (SSSR count). The van der Waals surface area contributed by atoms with Gasteiger partial charge in [0.1, 0.15) is 0 Å². The zero-order valence-electron chi connectivity index (χ0n) is 13.8. The summed E-state index contributed by atoms with van der Waals surface area (Å²) in [6.45, 7) is 0. The standard InChI is InChI=1S/C16H11Cl/c17-15-11-10-12-6-4-5-9-14(12)16(15)13-7-2-1-3-8-13/h1-11H/i1D,2D,3D,7D,8D. The number of hydrogen-bond acceptors (Lipinski definition) is 0. The van der Waals surface area contributed by atoms with Crippen molar-refractivity contribution >= 4 is 22.4 Å². The molecular weight excluding hydrogens is 228 g/mol. The van der Waals surface area contributed by atoms with Crippen LogP contribution in [0.25, 0.3) is 21.9 Å². The van der Waals surface area contributed by atoms with Crippen molar-refractivity contribution in [3.8, 4) is 11.1 Å². The highest BCUT2D eigenvalue weighted by Crippen LogP contribution is 2.34. The van der Waals surface area contributed by atoms with E-state index < -0.39 is 6.04 Å². The molecule has 0 nitrogen and oxygen atoms in total. The first-order valence-electron chi connectivity index (χ1n) is 7.68. The second-order valence-electron chi connectivity index (χ2n) is 3.64. The molecular formula is C16H11Cl. The second-order valence-corrected chi connectivity index (χ2v) is 4.05. The van der Waals surface area contributed by atoms with Gasteiger partial charge in [0.05, 0.1) is 6.85 Å². The molecule has 0 radical (unpaired) electrons. The molecule has 3 aromatic rings. The summed E-state index contributed by atoms with van der Waals surface area (Å²) in [6.07, 6.45) is 0. The van der Waals surface area contributed by atoms with Crippen molar-refractivity contribution in [1.82, 2.24) is 0 Å². The van der Waals surface area contributed by atoms with Gasteiger partial charge < -0.3 is 0 Å². The van der Waals surface area contributed by atoms with Gasteiger partial charge in [-0.2, -0.15) is 0 Å². The lowest BCUT2D eigenvalue weighted by atomic mass is 9.98. The van der Waals surface area contributed by atoms with E-state index in [9.17, 15) is 0 Å². The van der Waals surface area contributed by atoms with Crippen LogP contribution < -0.4 is 0 Å². The predicted octanol–water partition coefficient (Wildman–Crippen LogP) is 5.16. The van der Waals surface area contributed by atoms with E-state index in [0.29, 0.717) is 10.6 Å². The third-order valence-electron chi connectivity index (χ3n) is 2.63. The second kappa shape index (κ2) is 4.23. The van der Waals surface area contributed by atoms with E-state index in [0.717, 1.165) is 10.8 Å². The van der Waals surface area contributed by atoms with Crippen molar-refractivity contribution in [3.63, 3.8) is 0 Å². The minimum Gasteiger partial charge on any atom is -0.0836 e. The van der Waals surface area contributed by atoms with Crippen molar-refractivity contribution in [2.24, 2.45) is 0 Å². The van der Waals surface area contributed by atoms with Gasteiger partial charge in [0.15, 0.2) is 0 Å². The van der Waals surface area contributed by atoms with Crippen LogP contribution in [0.5, 0.6) is 0 Å². The minimum atomic E-state index is -0.407. The average molecular weight is 244 g/mol. The van der Waals surface area contributed by atoms with Crippen LogP contribution in [0.2, 0.25) is 5.02 Å². The number of hydrogen-bond donors (Lipinski definition) is 0. The van der Waals surface area contributed by atoms with E-state index in [1.54, 1.807) is 6.07 Å². The maximum absolute atomic E-state index is 8.11. The number of benzene rings is 3. The van der Waals surface area contributed by atoms with Crippen LogP contribution >= 0.6 is 11.6 Å². The smallest absolute Gasteiger partial charge is 0.0629 e. The fraction of sp³-hybridized carbons (Fsp3) is 0. The van der Waals surface area contributed by atoms with Crippen molar-refractivity contribution in [2.75, 3.05) is 0 Å². The van der Waals surface area contributed by atoms with Gasteiger partial charge in [0.25, 0.3) is 0 Å². The van der Waals surface area contributed by atoms with Crippen LogP contribution in [0.15, 0.2) is 66.6 Å². The molecule has 1 heteroatoms. The minimum absolute atomic E-state index is 0.132. The van der Waals surface area contributed by atoms with Gasteiger partial charge in [0.2, 0.25) is 0 Å². The molecule has 0 aliphatic rings. The summed E-state index contributed by atoms with van der Waals surface area (Å²) in [5, 5.41) is 2.01. The van der Waals surface area contributed by atoms with Gasteiger partial charge in [-0.1, -0.05) is 72.1 Å². The predicted molar refractivity (Wildman–Crippen MR) is 74.4 cm³/mol. The molecule has 0 aromatic heterocycles. The van der Waals surface area contributed by atoms with Gasteiger partial charge in [-0.15, -0.1) is 0 Å². The Morgan fingerprint density at radius 2 is 1.65 bits per heavy atom. The fourth-order valence-electron chi connectivity index (χ4n) is 1.87. The Balaban J connectivity index is 2.51. The molecule has 0 heterocycles. The number of rotatable bonds is 1. The van der Waals surface area contributed by atoms with Crippen molar-refractivity contribution in [1.29, 1.82) is 0 Å². The largest absolute Gasteiger partial charge is 0.0836 e. The molecule has 0 unspecified atom stereocenters. The fourth-order valence-corrected chi connectivity index (χ4v) is 2.13. The SMILES string of the molecule is [2H]c1c([2H])c([2H])c(-c2c(Cl)ccc3ccccc23)c([2H])c1[2H]. The summed E-state index contributed by atoms with van der Waals surface area (Å²) >= 11 is 6.29. The van der Waals surface area contributed by atoms with E-state index in [2.05, 4.69) is 0 Å². The summed E-state index contributed by atoms with van der Waals surface area (Å²) < 4.78 is 39.5. The maximum atomic E-state index is 8.11. The van der Waals surface area contributed by atoms with Crippen molar-refractivity contribution in [2.45, 2.75) is 0 Å². The Bertz CT molecular complexity index is 876. The molecule has 0 atom stereocenters. The topological polar surface area (TPSA) is 0 Å². The molecule has 17 heavy (non-hydrogen) atoms. The molecule has 0 fully saturated rings. The van der Waals surface area contributed by atoms with Crippen molar-refractivity contribution in [3.05, 3.63) is 71.6 Å². The van der Waals surface area contributed by atoms with Crippen LogP contribution in [0.3, 0.4) is 0 Å². The molecule has 0 N–H and O–H groups in total. The van der Waals surface area contributed by atoms with Gasteiger partial charge >= 0.3 is 0 Å². The van der Waals surface area contributed by atoms with E-state index in [4.69, 9.17) is 18.5 Å². The normalized spacial score (nSPS) is 14.8. The van der Waals surface area contributed by atoms with E-state index in [-0.39, 0.29) is 29.7 Å². The van der Waals surface area contributed by atoms with Gasteiger partial charge in [0, 0.05) is 10.6 Å². The number of fused-ring (bicyclic) bond motifs is 1. The van der Waals surface area contributed by atoms with Crippen molar-refractivity contribution < 1.29 is 6.85 Å². The summed E-state index contributed by atoms with van der Waals surface area (Å²) in [5.74, 6) is 0. The van der Waals surface area contributed by atoms with E-state index in [1.165, 1.54) is 0 Å². The lowest BCUT2D eigenvalue weighted by Crippen LogP contribution is -1.82. The molecule has 0 saturated heterocycles. The Morgan fingerprint density at radius 3 is 2.47 bits per heavy atom. The zero-order valence-corrected chi connectivity index (χ0v) is 9.60. The highest BCUT2D eigenvalue weighted by atomic mass is 35.5. The Kier molecular flexibility index (Phi) is 1.55. The Hall–Kier alpha value is -1.79. The molecule has 0 aliphatic heterocycles. The van der Waals surface area contributed by atoms with Crippen LogP contribution in [0.4, 0.5) is 0 Å². The van der Waals surface area contributed by atoms with E-state index in [1.807, 2.05) is 30.3 Å². The third-order valence-corrected chi connectivity index (χ3v) is 2.94. The van der Waals surface area contributed by atoms with Gasteiger partial charge in [-0.05, 0) is 22.4 Å². The monoisotopic (exact) mass is 243 g/mol. The lowest BCUT2D eigenvalue weighted by Gasteiger charge is -2.09. The summed E-state index contributed by atoms with van der Waals surface area (Å²) in [7, 11) is 0. The van der Waals surface area contributed by atoms with E-state index >= 15 is 0 Å². The van der Waals surface area contributed by atoms with Gasteiger partial charge in [-0.3, -0.25) is 0 Å². The first kappa shape index (κ1) is 6.23. The van der Waals surface area contributed by atoms with Crippen LogP contribution in [-0.4, -0.2) is 0 Å². The molecule has 0 bridgehead atoms. The molecule has 0 amide bonds.